The van der Waals surface area contributed by atoms with Crippen molar-refractivity contribution in [3.63, 3.8) is 0 Å². The number of para-hydroxylation sites is 1. The van der Waals surface area contributed by atoms with E-state index in [0.717, 1.165) is 48.7 Å². The van der Waals surface area contributed by atoms with E-state index in [2.05, 4.69) is 17.6 Å². The minimum absolute atomic E-state index is 0.0186. The SMILES string of the molecule is C=CCO[C@@]12Oc3ccc(Oc4ccc(OC)c(C=O)c4)cc3[C@H]3[C@H](CCCCO)[C@@H](CCCCO)C=C(C(=NOCc4ccccc4)C[C@@H]1N(C)S(=O)(=O)c1cccc4cccnc14)[C@H]32. The van der Waals surface area contributed by atoms with Gasteiger partial charge in [-0.05, 0) is 97.2 Å². The molecule has 0 bridgehead atoms. The average molecular weight is 916 g/mol. The summed E-state index contributed by atoms with van der Waals surface area (Å²) >= 11 is 0. The van der Waals surface area contributed by atoms with Gasteiger partial charge in [-0.3, -0.25) is 9.78 Å². The number of hydrogen-bond donors (Lipinski definition) is 2. The zero-order valence-corrected chi connectivity index (χ0v) is 38.1. The molecule has 0 amide bonds. The lowest BCUT2D eigenvalue weighted by molar-refractivity contribution is -0.250. The van der Waals surface area contributed by atoms with Gasteiger partial charge >= 0.3 is 0 Å². The molecule has 0 radical (unpaired) electrons. The maximum absolute atomic E-state index is 15.3. The normalized spacial score (nSPS) is 22.8. The Morgan fingerprint density at radius 3 is 2.45 bits per heavy atom. The number of aliphatic hydroxyl groups excluding tert-OH is 2. The molecule has 1 saturated carbocycles. The maximum atomic E-state index is 15.3. The first kappa shape index (κ1) is 46.6. The predicted molar refractivity (Wildman–Crippen MR) is 251 cm³/mol. The first-order valence-electron chi connectivity index (χ1n) is 22.5. The molecule has 4 aromatic carbocycles. The number of methoxy groups -OCH3 is 1. The quantitative estimate of drug-likeness (QED) is 0.0312. The van der Waals surface area contributed by atoms with Crippen molar-refractivity contribution in [3.05, 3.63) is 144 Å². The van der Waals surface area contributed by atoms with Crippen LogP contribution in [0.3, 0.4) is 0 Å². The van der Waals surface area contributed by atoms with Gasteiger partial charge in [0.2, 0.25) is 15.8 Å². The monoisotopic (exact) mass is 915 g/mol. The van der Waals surface area contributed by atoms with Gasteiger partial charge in [0.25, 0.3) is 0 Å². The fourth-order valence-corrected chi connectivity index (χ4v) is 11.7. The van der Waals surface area contributed by atoms with Crippen LogP contribution in [0.4, 0.5) is 0 Å². The van der Waals surface area contributed by atoms with Crippen LogP contribution in [0.15, 0.2) is 138 Å². The van der Waals surface area contributed by atoms with Gasteiger partial charge in [-0.25, -0.2) is 8.42 Å². The third-order valence-corrected chi connectivity index (χ3v) is 15.0. The highest BCUT2D eigenvalue weighted by Gasteiger charge is 2.65. The zero-order chi connectivity index (χ0) is 46.3. The van der Waals surface area contributed by atoms with Crippen molar-refractivity contribution in [2.45, 2.75) is 74.2 Å². The third-order valence-electron chi connectivity index (χ3n) is 13.1. The number of allylic oxidation sites excluding steroid dienone is 1. The number of unbranched alkanes of at least 4 members (excludes halogenated alkanes) is 2. The highest BCUT2D eigenvalue weighted by Crippen LogP contribution is 2.62. The van der Waals surface area contributed by atoms with Crippen LogP contribution in [0.5, 0.6) is 23.0 Å². The minimum atomic E-state index is -4.31. The first-order valence-corrected chi connectivity index (χ1v) is 24.0. The number of fused-ring (bicyclic) bond motifs is 3. The van der Waals surface area contributed by atoms with E-state index in [1.54, 1.807) is 61.8 Å². The Morgan fingerprint density at radius 1 is 0.939 bits per heavy atom. The molecule has 66 heavy (non-hydrogen) atoms. The van der Waals surface area contributed by atoms with Crippen molar-refractivity contribution in [2.24, 2.45) is 22.9 Å². The summed E-state index contributed by atoms with van der Waals surface area (Å²) < 4.78 is 58.0. The van der Waals surface area contributed by atoms with Crippen LogP contribution in [0.1, 0.15) is 72.3 Å². The van der Waals surface area contributed by atoms with Gasteiger partial charge in [0.1, 0.15) is 34.5 Å². The zero-order valence-electron chi connectivity index (χ0n) is 37.3. The van der Waals surface area contributed by atoms with Crippen molar-refractivity contribution in [2.75, 3.05) is 34.0 Å². The van der Waals surface area contributed by atoms with E-state index < -0.39 is 27.8 Å². The highest BCUT2D eigenvalue weighted by atomic mass is 32.2. The van der Waals surface area contributed by atoms with E-state index in [1.165, 1.54) is 11.4 Å². The minimum Gasteiger partial charge on any atom is -0.496 e. The summed E-state index contributed by atoms with van der Waals surface area (Å²) in [5.74, 6) is -0.859. The molecule has 14 heteroatoms. The lowest BCUT2D eigenvalue weighted by Crippen LogP contribution is -2.69. The van der Waals surface area contributed by atoms with E-state index in [4.69, 9.17) is 28.9 Å². The van der Waals surface area contributed by atoms with Crippen LogP contribution in [0, 0.1) is 17.8 Å². The number of sulfonamides is 1. The average Bonchev–Trinajstić information content (AvgIpc) is 3.34. The molecular formula is C52H57N3O10S. The number of aldehydes is 1. The second kappa shape index (κ2) is 20.7. The van der Waals surface area contributed by atoms with Gasteiger partial charge in [0, 0.05) is 49.7 Å². The van der Waals surface area contributed by atoms with Crippen LogP contribution in [-0.4, -0.2) is 85.7 Å². The van der Waals surface area contributed by atoms with Gasteiger partial charge in [-0.1, -0.05) is 78.7 Å². The summed E-state index contributed by atoms with van der Waals surface area (Å²) in [6, 6.07) is 28.1. The molecule has 2 N–H and O–H groups in total. The first-order chi connectivity index (χ1) is 32.2. The van der Waals surface area contributed by atoms with E-state index in [-0.39, 0.29) is 55.5 Å². The lowest BCUT2D eigenvalue weighted by atomic mass is 9.55. The summed E-state index contributed by atoms with van der Waals surface area (Å²) in [7, 11) is -1.25. The Bertz CT molecular complexity index is 2690. The molecule has 8 rings (SSSR count). The van der Waals surface area contributed by atoms with Crippen LogP contribution >= 0.6 is 0 Å². The fourth-order valence-electron chi connectivity index (χ4n) is 10.1. The second-order valence-corrected chi connectivity index (χ2v) is 19.0. The molecule has 2 aliphatic carbocycles. The fraction of sp³-hybridized carbons (Fsp3) is 0.365. The molecule has 6 atom stereocenters. The molecule has 3 aliphatic rings. The number of oxime groups is 1. The smallest absolute Gasteiger partial charge is 0.245 e. The number of hydrogen-bond acceptors (Lipinski definition) is 12. The van der Waals surface area contributed by atoms with Crippen LogP contribution in [0.2, 0.25) is 0 Å². The van der Waals surface area contributed by atoms with E-state index in [1.807, 2.05) is 54.6 Å². The summed E-state index contributed by atoms with van der Waals surface area (Å²) in [6.45, 7) is 4.33. The number of aliphatic hydroxyl groups is 2. The maximum Gasteiger partial charge on any atom is 0.245 e. The number of carbonyl (C=O) groups is 1. The van der Waals surface area contributed by atoms with E-state index in [9.17, 15) is 15.0 Å². The number of pyridine rings is 1. The number of likely N-dealkylation sites (N-methyl/N-ethyl adjacent to an activating group) is 1. The van der Waals surface area contributed by atoms with Crippen molar-refractivity contribution >= 4 is 32.9 Å². The van der Waals surface area contributed by atoms with Gasteiger partial charge < -0.3 is 34.0 Å². The Labute approximate surface area is 386 Å². The molecule has 1 aliphatic heterocycles. The summed E-state index contributed by atoms with van der Waals surface area (Å²) in [5, 5.41) is 25.5. The Kier molecular flexibility index (Phi) is 14.6. The third kappa shape index (κ3) is 9.25. The van der Waals surface area contributed by atoms with Gasteiger partial charge in [0.15, 0.2) is 6.29 Å². The molecule has 5 aromatic rings. The van der Waals surface area contributed by atoms with Crippen LogP contribution < -0.4 is 14.2 Å². The number of nitrogens with zero attached hydrogens (tertiary/aromatic N) is 3. The molecule has 0 saturated heterocycles. The van der Waals surface area contributed by atoms with Gasteiger partial charge in [-0.2, -0.15) is 4.31 Å². The van der Waals surface area contributed by atoms with Gasteiger partial charge in [-0.15, -0.1) is 6.58 Å². The molecule has 1 fully saturated rings. The van der Waals surface area contributed by atoms with E-state index in [0.29, 0.717) is 58.0 Å². The van der Waals surface area contributed by atoms with Crippen molar-refractivity contribution in [1.29, 1.82) is 0 Å². The summed E-state index contributed by atoms with van der Waals surface area (Å²) in [4.78, 5) is 22.7. The molecule has 2 heterocycles. The number of rotatable bonds is 21. The summed E-state index contributed by atoms with van der Waals surface area (Å²) in [6.07, 6.45) is 10.4. The number of carbonyl (C=O) groups excluding carboxylic acids is 1. The van der Waals surface area contributed by atoms with Crippen molar-refractivity contribution in [3.8, 4) is 23.0 Å². The predicted octanol–water partition coefficient (Wildman–Crippen LogP) is 9.00. The molecular weight excluding hydrogens is 859 g/mol. The molecule has 346 valence electrons. The lowest BCUT2D eigenvalue weighted by Gasteiger charge is -2.59. The second-order valence-electron chi connectivity index (χ2n) is 17.0. The number of aromatic nitrogens is 1. The van der Waals surface area contributed by atoms with Crippen molar-refractivity contribution < 1.29 is 47.2 Å². The van der Waals surface area contributed by atoms with Crippen molar-refractivity contribution in [1.82, 2.24) is 9.29 Å². The van der Waals surface area contributed by atoms with Gasteiger partial charge in [0.05, 0.1) is 42.5 Å². The number of ether oxygens (including phenoxy) is 4. The number of benzene rings is 4. The summed E-state index contributed by atoms with van der Waals surface area (Å²) in [5.41, 5.74) is 3.84. The molecule has 13 nitrogen and oxygen atoms in total. The molecule has 1 aromatic heterocycles. The van der Waals surface area contributed by atoms with E-state index >= 15 is 8.42 Å². The molecule has 0 unspecified atom stereocenters. The van der Waals surface area contributed by atoms with Crippen LogP contribution in [-0.2, 0) is 26.2 Å². The molecule has 0 spiro atoms. The largest absolute Gasteiger partial charge is 0.496 e. The Morgan fingerprint density at radius 2 is 1.70 bits per heavy atom. The topological polar surface area (TPSA) is 166 Å². The Balaban J connectivity index is 1.34. The standard InChI is InChI=1S/C52H57N3O10S/c1-4-28-62-52-48(55(2)66(59,60)47-20-12-17-36-18-13-25-53-51(36)47)32-44(54-63-34-35-14-6-5-7-15-35)42-30-37(16-8-10-26-56)41(19-9-11-27-57)49(50(42)52)43-31-40(22-24-46(43)65-52)64-39-21-23-45(61-3)38(29-39)33-58/h4-7,12-15,17-18,20-25,29-31,33,37,41,48-50,56-57H,1,8-11,16,19,26-28,32,34H2,2-3H3/t37-,41+,48-,49+,50+,52+/m0/s1. The Hall–Kier alpha value is -5.90. The van der Waals surface area contributed by atoms with Crippen LogP contribution in [0.25, 0.3) is 10.9 Å². The highest BCUT2D eigenvalue weighted by molar-refractivity contribution is 7.89.